The van der Waals surface area contributed by atoms with Crippen molar-refractivity contribution < 1.29 is 86.1 Å². The summed E-state index contributed by atoms with van der Waals surface area (Å²) >= 11 is 0. The number of hydrogen-bond donors (Lipinski definition) is 1. The molecule has 13 atom stereocenters. The van der Waals surface area contributed by atoms with Crippen molar-refractivity contribution in [3.8, 4) is 0 Å². The fourth-order valence-electron chi connectivity index (χ4n) is 9.83. The van der Waals surface area contributed by atoms with E-state index in [4.69, 9.17) is 42.6 Å². The first-order chi connectivity index (χ1) is 29.0. The van der Waals surface area contributed by atoms with Crippen LogP contribution in [0.25, 0.3) is 0 Å². The predicted molar refractivity (Wildman–Crippen MR) is 205 cm³/mol. The Morgan fingerprint density at radius 1 is 0.742 bits per heavy atom. The van der Waals surface area contributed by atoms with Crippen LogP contribution in [0.4, 0.5) is 0 Å². The molecule has 334 valence electrons. The minimum Gasteiger partial charge on any atom is -0.465 e. The molecule has 4 bridgehead atoms. The number of nitrogens with zero attached hydrogens (tertiary/aromatic N) is 1. The molecule has 62 heavy (non-hydrogen) atoms. The number of hydrogen-bond acceptors (Lipinski definition) is 19. The van der Waals surface area contributed by atoms with E-state index in [-0.39, 0.29) is 16.8 Å². The van der Waals surface area contributed by atoms with Gasteiger partial charge in [-0.05, 0) is 38.1 Å². The number of ether oxygens (including phenoxy) is 9. The van der Waals surface area contributed by atoms with Gasteiger partial charge in [-0.1, -0.05) is 32.0 Å². The monoisotopic (exact) mass is 867 g/mol. The number of carbonyl (C=O) groups is 8. The van der Waals surface area contributed by atoms with Gasteiger partial charge in [-0.15, -0.1) is 0 Å². The normalized spacial score (nSPS) is 36.0. The van der Waals surface area contributed by atoms with Gasteiger partial charge in [0.1, 0.15) is 42.0 Å². The van der Waals surface area contributed by atoms with Crippen LogP contribution in [0.2, 0.25) is 0 Å². The zero-order valence-electron chi connectivity index (χ0n) is 35.6. The molecule has 19 heteroatoms. The Bertz CT molecular complexity index is 2160. The van der Waals surface area contributed by atoms with E-state index in [1.807, 2.05) is 0 Å². The maximum Gasteiger partial charge on any atom is 0.340 e. The summed E-state index contributed by atoms with van der Waals surface area (Å²) in [5.41, 5.74) is -10.4. The summed E-state index contributed by atoms with van der Waals surface area (Å²) in [5, 5.41) is 13.6. The standard InChI is InChI=1S/C43H49NO18/c1-20-21(2)37(50)60-34-32(57-24(5)47)36(61-38(51)27-14-11-10-12-15-27)42(19-54-22(3)45)35(59-26(7)49)31(56-23(4)46)29-33(58-25(6)48)43(42,41(34,9)53)62-40(29,8)18-55-39(52)28-16-13-17-44-30(20)28/h10-17,20-21,29,31-36,53H,18-19H2,1-9H3/t20-,21-,29+,31+,32-,33+,34-,35+,36-,40-,41-,42+,43-/m0/s1. The fourth-order valence-corrected chi connectivity index (χ4v) is 9.83. The molecule has 2 aliphatic heterocycles. The van der Waals surface area contributed by atoms with Crippen LogP contribution in [0.1, 0.15) is 94.6 Å². The smallest absolute Gasteiger partial charge is 0.340 e. The second-order valence-corrected chi connectivity index (χ2v) is 16.5. The largest absolute Gasteiger partial charge is 0.465 e. The number of aliphatic hydroxyl groups is 1. The molecule has 1 aromatic heterocycles. The molecular formula is C43H49NO18. The molecule has 0 radical (unpaired) electrons. The topological polar surface area (TPSA) is 253 Å². The first-order valence-corrected chi connectivity index (χ1v) is 19.9. The number of rotatable bonds is 8. The SMILES string of the molecule is CC(=O)OC[C@]12[C@H](OC(C)=O)[C@H](OC(C)=O)[C@@H]3[C@@H](OC(C)=O)[C@@]14O[C@@]3(C)COC(=O)c1cccnc1[C@@H](C)[C@H](C)C(=O)O[C@@H]([C@H](OC(C)=O)[C@@H]2OC(=O)c1ccccc1)[C@]4(C)O. The number of cyclic esters (lactones) is 1. The van der Waals surface area contributed by atoms with Gasteiger partial charge in [-0.25, -0.2) is 9.59 Å². The highest BCUT2D eigenvalue weighted by Crippen LogP contribution is 2.70. The predicted octanol–water partition coefficient (Wildman–Crippen LogP) is 2.33. The number of esters is 8. The van der Waals surface area contributed by atoms with Crippen LogP contribution in [0.15, 0.2) is 48.7 Å². The zero-order valence-corrected chi connectivity index (χ0v) is 35.6. The van der Waals surface area contributed by atoms with E-state index >= 15 is 0 Å². The number of fused-ring (bicyclic) bond motifs is 5. The molecule has 6 rings (SSSR count). The molecule has 2 aliphatic carbocycles. The van der Waals surface area contributed by atoms with Crippen LogP contribution < -0.4 is 0 Å². The van der Waals surface area contributed by atoms with Crippen molar-refractivity contribution in [2.24, 2.45) is 17.3 Å². The van der Waals surface area contributed by atoms with Gasteiger partial charge < -0.3 is 47.7 Å². The second kappa shape index (κ2) is 16.7. The summed E-state index contributed by atoms with van der Waals surface area (Å²) in [6.45, 7) is 8.69. The minimum absolute atomic E-state index is 0.0487. The number of aromatic nitrogens is 1. The van der Waals surface area contributed by atoms with Crippen molar-refractivity contribution in [1.82, 2.24) is 4.98 Å². The summed E-state index contributed by atoms with van der Waals surface area (Å²) in [5.74, 6) is -11.8. The summed E-state index contributed by atoms with van der Waals surface area (Å²) in [7, 11) is 0. The van der Waals surface area contributed by atoms with Crippen LogP contribution >= 0.6 is 0 Å². The molecule has 1 spiro atoms. The molecule has 0 amide bonds. The average molecular weight is 868 g/mol. The Morgan fingerprint density at radius 2 is 1.32 bits per heavy atom. The van der Waals surface area contributed by atoms with E-state index in [1.54, 1.807) is 13.0 Å². The van der Waals surface area contributed by atoms with Crippen LogP contribution in [-0.2, 0) is 71.4 Å². The lowest BCUT2D eigenvalue weighted by atomic mass is 9.45. The van der Waals surface area contributed by atoms with E-state index in [9.17, 15) is 43.5 Å². The highest BCUT2D eigenvalue weighted by atomic mass is 16.7. The quantitative estimate of drug-likeness (QED) is 0.295. The summed E-state index contributed by atoms with van der Waals surface area (Å²) in [4.78, 5) is 114. The molecular weight excluding hydrogens is 818 g/mol. The summed E-state index contributed by atoms with van der Waals surface area (Å²) < 4.78 is 55.5. The Balaban J connectivity index is 1.81. The Kier molecular flexibility index (Phi) is 12.3. The van der Waals surface area contributed by atoms with Crippen LogP contribution in [0.5, 0.6) is 0 Å². The third-order valence-corrected chi connectivity index (χ3v) is 12.4. The van der Waals surface area contributed by atoms with Gasteiger partial charge in [-0.2, -0.15) is 0 Å². The molecule has 3 heterocycles. The Labute approximate surface area is 355 Å². The molecule has 2 aromatic rings. The molecule has 2 saturated carbocycles. The van der Waals surface area contributed by atoms with Crippen LogP contribution in [-0.4, -0.2) is 124 Å². The molecule has 19 nitrogen and oxygen atoms in total. The second-order valence-electron chi connectivity index (χ2n) is 16.5. The molecule has 1 aromatic carbocycles. The molecule has 0 unspecified atom stereocenters. The fraction of sp³-hybridized carbons (Fsp3) is 0.558. The van der Waals surface area contributed by atoms with Gasteiger partial charge in [0.25, 0.3) is 0 Å². The van der Waals surface area contributed by atoms with E-state index in [2.05, 4.69) is 4.98 Å². The number of carbonyl (C=O) groups excluding carboxylic acids is 8. The van der Waals surface area contributed by atoms with Crippen molar-refractivity contribution in [2.45, 2.75) is 122 Å². The maximum atomic E-state index is 14.6. The third kappa shape index (κ3) is 7.43. The van der Waals surface area contributed by atoms with Gasteiger partial charge in [0.05, 0.1) is 28.7 Å². The Hall–Kier alpha value is -5.95. The van der Waals surface area contributed by atoms with Gasteiger partial charge in [0.15, 0.2) is 30.0 Å². The molecule has 1 saturated heterocycles. The minimum atomic E-state index is -2.86. The summed E-state index contributed by atoms with van der Waals surface area (Å²) in [6.07, 6.45) is -10.8. The van der Waals surface area contributed by atoms with Gasteiger partial charge in [-0.3, -0.25) is 33.8 Å². The highest BCUT2D eigenvalue weighted by Gasteiger charge is 2.92. The van der Waals surface area contributed by atoms with Gasteiger partial charge in [0, 0.05) is 46.7 Å². The lowest BCUT2D eigenvalue weighted by molar-refractivity contribution is -0.385. The maximum absolute atomic E-state index is 14.6. The van der Waals surface area contributed by atoms with Gasteiger partial charge in [0.2, 0.25) is 0 Å². The van der Waals surface area contributed by atoms with Crippen molar-refractivity contribution in [2.75, 3.05) is 13.2 Å². The van der Waals surface area contributed by atoms with E-state index < -0.39 is 138 Å². The first kappa shape index (κ1) is 45.6. The summed E-state index contributed by atoms with van der Waals surface area (Å²) in [6, 6.07) is 10.3. The van der Waals surface area contributed by atoms with Crippen LogP contribution in [0.3, 0.4) is 0 Å². The van der Waals surface area contributed by atoms with Crippen molar-refractivity contribution >= 4 is 47.8 Å². The third-order valence-electron chi connectivity index (χ3n) is 12.4. The molecule has 4 aliphatic rings. The van der Waals surface area contributed by atoms with E-state index in [0.29, 0.717) is 0 Å². The van der Waals surface area contributed by atoms with Gasteiger partial charge >= 0.3 is 47.8 Å². The first-order valence-electron chi connectivity index (χ1n) is 19.9. The van der Waals surface area contributed by atoms with Crippen LogP contribution in [0, 0.1) is 17.3 Å². The lowest BCUT2D eigenvalue weighted by Crippen LogP contribution is -2.89. The average Bonchev–Trinajstić information content (AvgIpc) is 3.42. The van der Waals surface area contributed by atoms with E-state index in [0.717, 1.165) is 41.5 Å². The van der Waals surface area contributed by atoms with Crippen molar-refractivity contribution in [1.29, 1.82) is 0 Å². The van der Waals surface area contributed by atoms with Crippen molar-refractivity contribution in [3.63, 3.8) is 0 Å². The molecule has 1 N–H and O–H groups in total. The van der Waals surface area contributed by atoms with E-state index in [1.165, 1.54) is 56.4 Å². The number of pyridine rings is 1. The van der Waals surface area contributed by atoms with Crippen molar-refractivity contribution in [3.05, 3.63) is 65.5 Å². The number of benzene rings is 1. The highest BCUT2D eigenvalue weighted by molar-refractivity contribution is 5.91. The Morgan fingerprint density at radius 3 is 1.92 bits per heavy atom. The zero-order chi connectivity index (χ0) is 45.7. The molecule has 3 fully saturated rings. The lowest BCUT2D eigenvalue weighted by Gasteiger charge is -2.67.